The summed E-state index contributed by atoms with van der Waals surface area (Å²) in [4.78, 5) is 12.4. The molecule has 0 saturated heterocycles. The fraction of sp³-hybridized carbons (Fsp3) is 0.250. The summed E-state index contributed by atoms with van der Waals surface area (Å²) in [7, 11) is 0. The van der Waals surface area contributed by atoms with Crippen molar-refractivity contribution in [2.45, 2.75) is 13.3 Å². The maximum absolute atomic E-state index is 11.7. The summed E-state index contributed by atoms with van der Waals surface area (Å²) in [6.45, 7) is 2.01. The minimum absolute atomic E-state index is 0.190. The maximum atomic E-state index is 11.7. The van der Waals surface area contributed by atoms with E-state index in [2.05, 4.69) is 25.9 Å². The number of nitrogens with zero attached hydrogens (tertiary/aromatic N) is 3. The van der Waals surface area contributed by atoms with Gasteiger partial charge in [-0.1, -0.05) is 12.0 Å². The zero-order valence-corrected chi connectivity index (χ0v) is 8.84. The average molecular weight is 223 g/mol. The molecule has 0 bridgehead atoms. The van der Waals surface area contributed by atoms with Gasteiger partial charge in [-0.3, -0.25) is 10.1 Å². The summed E-state index contributed by atoms with van der Waals surface area (Å²) in [5, 5.41) is 17.4. The van der Waals surface area contributed by atoms with Crippen molar-refractivity contribution in [1.82, 2.24) is 20.6 Å². The number of thiophene rings is 1. The lowest BCUT2D eigenvalue weighted by atomic mass is 10.2. The van der Waals surface area contributed by atoms with Gasteiger partial charge in [0.25, 0.3) is 11.9 Å². The van der Waals surface area contributed by atoms with Crippen molar-refractivity contribution in [2.75, 3.05) is 5.32 Å². The monoisotopic (exact) mass is 223 g/mol. The van der Waals surface area contributed by atoms with Crippen LogP contribution in [0.2, 0.25) is 0 Å². The first kappa shape index (κ1) is 9.78. The molecular formula is C8H9N5OS. The number of aryl methyl sites for hydroxylation is 1. The van der Waals surface area contributed by atoms with Crippen LogP contribution in [0.15, 0.2) is 11.4 Å². The number of hydrogen-bond acceptors (Lipinski definition) is 5. The number of nitrogens with one attached hydrogen (secondary N) is 2. The Morgan fingerprint density at radius 2 is 2.53 bits per heavy atom. The first-order valence-electron chi connectivity index (χ1n) is 4.42. The fourth-order valence-corrected chi connectivity index (χ4v) is 2.08. The topological polar surface area (TPSA) is 83.6 Å². The molecule has 1 amide bonds. The zero-order valence-electron chi connectivity index (χ0n) is 8.02. The van der Waals surface area contributed by atoms with Gasteiger partial charge in [-0.05, 0) is 28.6 Å². The molecule has 2 aromatic heterocycles. The smallest absolute Gasteiger partial charge is 0.270 e. The number of carbonyl (C=O) groups is 1. The standard InChI is InChI=1S/C8H9N5OS/c1-2-5-3-4-15-6(5)7(14)9-8-10-12-13-11-8/h3-4H,2H2,1H3,(H2,9,10,11,12,13,14). The van der Waals surface area contributed by atoms with E-state index in [1.165, 1.54) is 11.3 Å². The van der Waals surface area contributed by atoms with Crippen molar-refractivity contribution in [3.8, 4) is 0 Å². The largest absolute Gasteiger partial charge is 0.287 e. The molecule has 2 heterocycles. The van der Waals surface area contributed by atoms with Crippen LogP contribution >= 0.6 is 11.3 Å². The second-order valence-electron chi connectivity index (χ2n) is 2.82. The Labute approximate surface area is 89.7 Å². The number of amides is 1. The summed E-state index contributed by atoms with van der Waals surface area (Å²) in [5.41, 5.74) is 1.03. The molecule has 7 heteroatoms. The molecule has 2 rings (SSSR count). The molecule has 0 atom stereocenters. The molecule has 0 radical (unpaired) electrons. The van der Waals surface area contributed by atoms with Crippen molar-refractivity contribution < 1.29 is 4.79 Å². The molecule has 78 valence electrons. The highest BCUT2D eigenvalue weighted by atomic mass is 32.1. The van der Waals surface area contributed by atoms with Gasteiger partial charge in [0.1, 0.15) is 0 Å². The van der Waals surface area contributed by atoms with Crippen LogP contribution in [0.5, 0.6) is 0 Å². The Morgan fingerprint density at radius 1 is 1.67 bits per heavy atom. The number of hydrogen-bond donors (Lipinski definition) is 2. The number of aromatic amines is 1. The first-order valence-corrected chi connectivity index (χ1v) is 5.30. The van der Waals surface area contributed by atoms with Crippen LogP contribution in [0.3, 0.4) is 0 Å². The van der Waals surface area contributed by atoms with E-state index in [0.29, 0.717) is 4.88 Å². The van der Waals surface area contributed by atoms with E-state index in [9.17, 15) is 4.79 Å². The van der Waals surface area contributed by atoms with Crippen LogP contribution in [-0.2, 0) is 6.42 Å². The quantitative estimate of drug-likeness (QED) is 0.815. The van der Waals surface area contributed by atoms with E-state index in [1.807, 2.05) is 18.4 Å². The van der Waals surface area contributed by atoms with E-state index in [0.717, 1.165) is 12.0 Å². The number of aromatic nitrogens is 4. The number of anilines is 1. The number of H-pyrrole nitrogens is 1. The highest BCUT2D eigenvalue weighted by Gasteiger charge is 2.13. The second kappa shape index (κ2) is 4.18. The SMILES string of the molecule is CCc1ccsc1C(=O)Nc1nn[nH]n1. The molecule has 2 aromatic rings. The Morgan fingerprint density at radius 3 is 3.20 bits per heavy atom. The molecule has 0 aliphatic rings. The highest BCUT2D eigenvalue weighted by molar-refractivity contribution is 7.12. The van der Waals surface area contributed by atoms with Crippen LogP contribution in [0, 0.1) is 0 Å². The second-order valence-corrected chi connectivity index (χ2v) is 3.73. The number of rotatable bonds is 3. The molecule has 0 fully saturated rings. The predicted molar refractivity (Wildman–Crippen MR) is 55.8 cm³/mol. The third-order valence-corrected chi connectivity index (χ3v) is 2.86. The Kier molecular flexibility index (Phi) is 2.72. The van der Waals surface area contributed by atoms with Crippen molar-refractivity contribution in [2.24, 2.45) is 0 Å². The zero-order chi connectivity index (χ0) is 10.7. The molecule has 0 aromatic carbocycles. The van der Waals surface area contributed by atoms with E-state index in [1.54, 1.807) is 0 Å². The van der Waals surface area contributed by atoms with Gasteiger partial charge in [-0.15, -0.1) is 16.4 Å². The molecule has 0 aliphatic heterocycles. The van der Waals surface area contributed by atoms with Crippen LogP contribution in [0.1, 0.15) is 22.2 Å². The van der Waals surface area contributed by atoms with Crippen LogP contribution in [-0.4, -0.2) is 26.5 Å². The molecular weight excluding hydrogens is 214 g/mol. The van der Waals surface area contributed by atoms with Crippen molar-refractivity contribution in [3.05, 3.63) is 21.9 Å². The van der Waals surface area contributed by atoms with Gasteiger partial charge in [-0.2, -0.15) is 5.21 Å². The lowest BCUT2D eigenvalue weighted by Crippen LogP contribution is -2.13. The molecule has 6 nitrogen and oxygen atoms in total. The van der Waals surface area contributed by atoms with Gasteiger partial charge in [0, 0.05) is 0 Å². The normalized spacial score (nSPS) is 10.2. The van der Waals surface area contributed by atoms with Crippen LogP contribution < -0.4 is 5.32 Å². The number of carbonyl (C=O) groups excluding carboxylic acids is 1. The molecule has 2 N–H and O–H groups in total. The molecule has 15 heavy (non-hydrogen) atoms. The molecule has 0 aliphatic carbocycles. The maximum Gasteiger partial charge on any atom is 0.270 e. The fourth-order valence-electron chi connectivity index (χ4n) is 1.19. The summed E-state index contributed by atoms with van der Waals surface area (Å²) < 4.78 is 0. The average Bonchev–Trinajstić information content (AvgIpc) is 2.86. The third kappa shape index (κ3) is 2.01. The van der Waals surface area contributed by atoms with Gasteiger partial charge in [0.15, 0.2) is 0 Å². The summed E-state index contributed by atoms with van der Waals surface area (Å²) in [6, 6.07) is 1.94. The molecule has 0 spiro atoms. The molecule has 0 unspecified atom stereocenters. The van der Waals surface area contributed by atoms with E-state index >= 15 is 0 Å². The predicted octanol–water partition coefficient (Wildman–Crippen LogP) is 1.08. The highest BCUT2D eigenvalue weighted by Crippen LogP contribution is 2.18. The minimum atomic E-state index is -0.191. The molecule has 0 saturated carbocycles. The van der Waals surface area contributed by atoms with Crippen molar-refractivity contribution in [3.63, 3.8) is 0 Å². The Balaban J connectivity index is 2.15. The lowest BCUT2D eigenvalue weighted by molar-refractivity contribution is 0.102. The minimum Gasteiger partial charge on any atom is -0.287 e. The van der Waals surface area contributed by atoms with Gasteiger partial charge in [-0.25, -0.2) is 0 Å². The summed E-state index contributed by atoms with van der Waals surface area (Å²) in [6.07, 6.45) is 0.832. The van der Waals surface area contributed by atoms with Crippen LogP contribution in [0.4, 0.5) is 5.95 Å². The van der Waals surface area contributed by atoms with E-state index in [-0.39, 0.29) is 11.9 Å². The number of tetrazole rings is 1. The Hall–Kier alpha value is -1.76. The van der Waals surface area contributed by atoms with Gasteiger partial charge in [0.05, 0.1) is 4.88 Å². The van der Waals surface area contributed by atoms with Crippen LogP contribution in [0.25, 0.3) is 0 Å². The van der Waals surface area contributed by atoms with Gasteiger partial charge >= 0.3 is 0 Å². The summed E-state index contributed by atoms with van der Waals surface area (Å²) >= 11 is 1.41. The lowest BCUT2D eigenvalue weighted by Gasteiger charge is -1.99. The van der Waals surface area contributed by atoms with E-state index in [4.69, 9.17) is 0 Å². The van der Waals surface area contributed by atoms with Gasteiger partial charge in [0.2, 0.25) is 0 Å². The van der Waals surface area contributed by atoms with E-state index < -0.39 is 0 Å². The van der Waals surface area contributed by atoms with Crippen molar-refractivity contribution >= 4 is 23.2 Å². The first-order chi connectivity index (χ1) is 7.31. The third-order valence-electron chi connectivity index (χ3n) is 1.90. The van der Waals surface area contributed by atoms with Crippen molar-refractivity contribution in [1.29, 1.82) is 0 Å². The summed E-state index contributed by atoms with van der Waals surface area (Å²) in [5.74, 6) is -0.00120. The Bertz CT molecular complexity index is 449. The van der Waals surface area contributed by atoms with Gasteiger partial charge < -0.3 is 0 Å².